The minimum atomic E-state index is -0.455. The van der Waals surface area contributed by atoms with E-state index in [1.165, 1.54) is 24.8 Å². The van der Waals surface area contributed by atoms with Gasteiger partial charge in [-0.2, -0.15) is 5.10 Å². The first-order valence-electron chi connectivity index (χ1n) is 8.11. The summed E-state index contributed by atoms with van der Waals surface area (Å²) in [6.07, 6.45) is 5.73. The number of benzene rings is 2. The molecule has 1 heterocycles. The summed E-state index contributed by atoms with van der Waals surface area (Å²) in [5, 5.41) is 3.87. The van der Waals surface area contributed by atoms with Gasteiger partial charge in [0.25, 0.3) is 5.91 Å². The lowest BCUT2D eigenvalue weighted by atomic mass is 10.1. The molecule has 134 valence electrons. The number of ether oxygens (including phenoxy) is 1. The highest BCUT2D eigenvalue weighted by atomic mass is 16.5. The Kier molecular flexibility index (Phi) is 5.64. The SMILES string of the molecule is Cc1ccccc1C(=O)Oc1ccc(/C=N/NC(=O)c2cnccn2)cc1. The Morgan fingerprint density at radius 2 is 1.85 bits per heavy atom. The van der Waals surface area contributed by atoms with Crippen molar-refractivity contribution in [3.8, 4) is 5.75 Å². The summed E-state index contributed by atoms with van der Waals surface area (Å²) in [4.78, 5) is 31.7. The predicted molar refractivity (Wildman–Crippen MR) is 99.7 cm³/mol. The number of nitrogens with one attached hydrogen (secondary N) is 1. The van der Waals surface area contributed by atoms with Gasteiger partial charge >= 0.3 is 5.97 Å². The van der Waals surface area contributed by atoms with Crippen LogP contribution in [0.15, 0.2) is 72.2 Å². The molecular weight excluding hydrogens is 344 g/mol. The van der Waals surface area contributed by atoms with Crippen molar-refractivity contribution >= 4 is 18.1 Å². The largest absolute Gasteiger partial charge is 0.423 e. The Morgan fingerprint density at radius 1 is 1.07 bits per heavy atom. The monoisotopic (exact) mass is 360 g/mol. The highest BCUT2D eigenvalue weighted by Crippen LogP contribution is 2.15. The molecule has 7 heteroatoms. The van der Waals surface area contributed by atoms with E-state index in [9.17, 15) is 9.59 Å². The fourth-order valence-electron chi connectivity index (χ4n) is 2.22. The van der Waals surface area contributed by atoms with Gasteiger partial charge in [0.05, 0.1) is 18.0 Å². The molecule has 0 unspecified atom stereocenters. The van der Waals surface area contributed by atoms with Crippen molar-refractivity contribution < 1.29 is 14.3 Å². The molecule has 2 aromatic carbocycles. The first kappa shape index (κ1) is 17.9. The van der Waals surface area contributed by atoms with Gasteiger partial charge in [-0.3, -0.25) is 9.78 Å². The third-order valence-corrected chi connectivity index (χ3v) is 3.63. The van der Waals surface area contributed by atoms with Crippen molar-refractivity contribution in [1.29, 1.82) is 0 Å². The molecule has 27 heavy (non-hydrogen) atoms. The topological polar surface area (TPSA) is 93.5 Å². The number of amides is 1. The van der Waals surface area contributed by atoms with Gasteiger partial charge in [-0.15, -0.1) is 0 Å². The molecule has 1 aromatic heterocycles. The van der Waals surface area contributed by atoms with Crippen molar-refractivity contribution in [2.24, 2.45) is 5.10 Å². The zero-order valence-electron chi connectivity index (χ0n) is 14.5. The second-order valence-corrected chi connectivity index (χ2v) is 5.56. The van der Waals surface area contributed by atoms with Crippen LogP contribution in [0.2, 0.25) is 0 Å². The van der Waals surface area contributed by atoms with Gasteiger partial charge < -0.3 is 4.74 Å². The molecule has 0 fully saturated rings. The van der Waals surface area contributed by atoms with Crippen LogP contribution < -0.4 is 10.2 Å². The Labute approximate surface area is 155 Å². The van der Waals surface area contributed by atoms with E-state index in [-0.39, 0.29) is 5.69 Å². The number of carbonyl (C=O) groups excluding carboxylic acids is 2. The van der Waals surface area contributed by atoms with Gasteiger partial charge in [0.15, 0.2) is 0 Å². The number of hydrogen-bond donors (Lipinski definition) is 1. The summed E-state index contributed by atoms with van der Waals surface area (Å²) in [5.74, 6) is -0.446. The second-order valence-electron chi connectivity index (χ2n) is 5.56. The lowest BCUT2D eigenvalue weighted by Crippen LogP contribution is -2.19. The molecule has 0 saturated heterocycles. The van der Waals surface area contributed by atoms with E-state index in [2.05, 4.69) is 20.5 Å². The standard InChI is InChI=1S/C20H16N4O3/c1-14-4-2-3-5-17(14)20(26)27-16-8-6-15(7-9-16)12-23-24-19(25)18-13-21-10-11-22-18/h2-13H,1H3,(H,24,25)/b23-12+. The first-order chi connectivity index (χ1) is 13.1. The van der Waals surface area contributed by atoms with Crippen LogP contribution in [-0.4, -0.2) is 28.1 Å². The maximum atomic E-state index is 12.2. The average molecular weight is 360 g/mol. The minimum absolute atomic E-state index is 0.174. The number of hydrogen-bond acceptors (Lipinski definition) is 6. The minimum Gasteiger partial charge on any atom is -0.423 e. The van der Waals surface area contributed by atoms with Gasteiger partial charge in [-0.1, -0.05) is 18.2 Å². The van der Waals surface area contributed by atoms with Crippen molar-refractivity contribution in [1.82, 2.24) is 15.4 Å². The van der Waals surface area contributed by atoms with Crippen LogP contribution in [0.1, 0.15) is 32.0 Å². The van der Waals surface area contributed by atoms with E-state index >= 15 is 0 Å². The summed E-state index contributed by atoms with van der Waals surface area (Å²) >= 11 is 0. The molecule has 0 aliphatic heterocycles. The van der Waals surface area contributed by atoms with Gasteiger partial charge in [-0.05, 0) is 48.4 Å². The van der Waals surface area contributed by atoms with Gasteiger partial charge in [-0.25, -0.2) is 15.2 Å². The van der Waals surface area contributed by atoms with E-state index in [1.54, 1.807) is 36.4 Å². The molecule has 0 atom stereocenters. The molecule has 7 nitrogen and oxygen atoms in total. The number of hydrazone groups is 1. The predicted octanol–water partition coefficient (Wildman–Crippen LogP) is 2.77. The number of nitrogens with zero attached hydrogens (tertiary/aromatic N) is 3. The zero-order chi connectivity index (χ0) is 19.1. The first-order valence-corrected chi connectivity index (χ1v) is 8.11. The van der Waals surface area contributed by atoms with Crippen LogP contribution in [0.25, 0.3) is 0 Å². The summed E-state index contributed by atoms with van der Waals surface area (Å²) < 4.78 is 5.37. The number of rotatable bonds is 5. The maximum absolute atomic E-state index is 12.2. The number of carbonyl (C=O) groups is 2. The normalized spacial score (nSPS) is 10.6. The van der Waals surface area contributed by atoms with Crippen molar-refractivity contribution in [2.45, 2.75) is 6.92 Å². The lowest BCUT2D eigenvalue weighted by molar-refractivity contribution is 0.0733. The molecule has 0 bridgehead atoms. The highest BCUT2D eigenvalue weighted by Gasteiger charge is 2.10. The molecule has 1 N–H and O–H groups in total. The second kappa shape index (κ2) is 8.48. The molecule has 0 radical (unpaired) electrons. The van der Waals surface area contributed by atoms with Crippen LogP contribution >= 0.6 is 0 Å². The average Bonchev–Trinajstić information content (AvgIpc) is 2.70. The summed E-state index contributed by atoms with van der Waals surface area (Å²) in [5.41, 5.74) is 4.64. The van der Waals surface area contributed by atoms with Crippen molar-refractivity contribution in [2.75, 3.05) is 0 Å². The van der Waals surface area contributed by atoms with Gasteiger partial charge in [0, 0.05) is 12.4 Å². The van der Waals surface area contributed by atoms with E-state index in [4.69, 9.17) is 4.74 Å². The van der Waals surface area contributed by atoms with E-state index in [1.807, 2.05) is 19.1 Å². The Balaban J connectivity index is 1.58. The lowest BCUT2D eigenvalue weighted by Gasteiger charge is -2.06. The Morgan fingerprint density at radius 3 is 2.56 bits per heavy atom. The third-order valence-electron chi connectivity index (χ3n) is 3.63. The Hall–Kier alpha value is -3.87. The van der Waals surface area contributed by atoms with Crippen molar-refractivity contribution in [3.63, 3.8) is 0 Å². The number of aromatic nitrogens is 2. The van der Waals surface area contributed by atoms with Crippen LogP contribution in [0.4, 0.5) is 0 Å². The zero-order valence-corrected chi connectivity index (χ0v) is 14.5. The smallest absolute Gasteiger partial charge is 0.343 e. The fourth-order valence-corrected chi connectivity index (χ4v) is 2.22. The fraction of sp³-hybridized carbons (Fsp3) is 0.0500. The van der Waals surface area contributed by atoms with Crippen molar-refractivity contribution in [3.05, 3.63) is 89.5 Å². The number of esters is 1. The maximum Gasteiger partial charge on any atom is 0.343 e. The third kappa shape index (κ3) is 4.82. The highest BCUT2D eigenvalue weighted by molar-refractivity contribution is 5.93. The molecule has 0 aliphatic carbocycles. The van der Waals surface area contributed by atoms with Gasteiger partial charge in [0.1, 0.15) is 11.4 Å². The molecule has 3 aromatic rings. The van der Waals surface area contributed by atoms with Crippen LogP contribution in [0, 0.1) is 6.92 Å². The quantitative estimate of drug-likeness (QED) is 0.327. The van der Waals surface area contributed by atoms with E-state index < -0.39 is 11.9 Å². The summed E-state index contributed by atoms with van der Waals surface area (Å²) in [6.45, 7) is 1.85. The molecule has 0 aliphatic rings. The van der Waals surface area contributed by atoms with Gasteiger partial charge in [0.2, 0.25) is 0 Å². The molecule has 3 rings (SSSR count). The molecular formula is C20H16N4O3. The van der Waals surface area contributed by atoms with E-state index in [0.717, 1.165) is 11.1 Å². The van der Waals surface area contributed by atoms with Crippen LogP contribution in [0.3, 0.4) is 0 Å². The van der Waals surface area contributed by atoms with Crippen LogP contribution in [-0.2, 0) is 0 Å². The molecule has 1 amide bonds. The molecule has 0 saturated carbocycles. The Bertz CT molecular complexity index is 970. The van der Waals surface area contributed by atoms with Crippen LogP contribution in [0.5, 0.6) is 5.75 Å². The van der Waals surface area contributed by atoms with E-state index in [0.29, 0.717) is 11.3 Å². The number of aryl methyl sites for hydroxylation is 1. The summed E-state index contributed by atoms with van der Waals surface area (Å²) in [6, 6.07) is 14.0. The summed E-state index contributed by atoms with van der Waals surface area (Å²) in [7, 11) is 0. The molecule has 0 spiro atoms.